The second-order valence-electron chi connectivity index (χ2n) is 8.46. The van der Waals surface area contributed by atoms with Gasteiger partial charge in [0.2, 0.25) is 0 Å². The number of rotatable bonds is 13. The van der Waals surface area contributed by atoms with Crippen molar-refractivity contribution in [3.8, 4) is 11.1 Å². The zero-order chi connectivity index (χ0) is 26.9. The molecule has 38 heavy (non-hydrogen) atoms. The molecule has 2 aromatic carbocycles. The number of halogens is 1. The molecule has 2 atom stereocenters. The number of benzene rings is 2. The Labute approximate surface area is 227 Å². The molecule has 0 radical (unpaired) electrons. The number of carboxylic acids is 1. The van der Waals surface area contributed by atoms with Gasteiger partial charge in [-0.25, -0.2) is 19.2 Å². The van der Waals surface area contributed by atoms with E-state index in [4.69, 9.17) is 4.74 Å². The molecule has 2 unspecified atom stereocenters. The highest BCUT2D eigenvalue weighted by Crippen LogP contribution is 2.28. The van der Waals surface area contributed by atoms with E-state index in [1.54, 1.807) is 43.0 Å². The second kappa shape index (κ2) is 13.3. The average Bonchev–Trinajstić information content (AvgIpc) is 3.64. The highest BCUT2D eigenvalue weighted by Gasteiger charge is 2.23. The highest BCUT2D eigenvalue weighted by atomic mass is 32.2. The number of amides is 1. The van der Waals surface area contributed by atoms with Crippen LogP contribution in [0.25, 0.3) is 11.1 Å². The van der Waals surface area contributed by atoms with Crippen molar-refractivity contribution >= 4 is 35.0 Å². The topological polar surface area (TPSA) is 106 Å². The van der Waals surface area contributed by atoms with Crippen molar-refractivity contribution in [1.82, 2.24) is 19.9 Å². The zero-order valence-corrected chi connectivity index (χ0v) is 22.3. The fraction of sp³-hybridized carbons (Fsp3) is 0.259. The van der Waals surface area contributed by atoms with Gasteiger partial charge in [0.05, 0.1) is 19.5 Å². The first-order valence-corrected chi connectivity index (χ1v) is 14.1. The summed E-state index contributed by atoms with van der Waals surface area (Å²) in [6.07, 6.45) is 8.87. The summed E-state index contributed by atoms with van der Waals surface area (Å²) in [4.78, 5) is 33.4. The maximum atomic E-state index is 13.6. The van der Waals surface area contributed by atoms with Gasteiger partial charge in [0.25, 0.3) is 5.91 Å². The van der Waals surface area contributed by atoms with E-state index < -0.39 is 23.7 Å². The molecule has 0 bridgehead atoms. The van der Waals surface area contributed by atoms with Crippen molar-refractivity contribution in [3.05, 3.63) is 94.7 Å². The number of nitrogens with one attached hydrogen (secondary N) is 1. The van der Waals surface area contributed by atoms with Gasteiger partial charge in [-0.05, 0) is 59.4 Å². The lowest BCUT2D eigenvalue weighted by Crippen LogP contribution is -2.41. The molecular formula is C27H27FN4O4S2. The van der Waals surface area contributed by atoms with Crippen LogP contribution in [0.2, 0.25) is 0 Å². The van der Waals surface area contributed by atoms with Crippen molar-refractivity contribution in [2.45, 2.75) is 31.7 Å². The molecule has 2 heterocycles. The first-order valence-electron chi connectivity index (χ1n) is 11.8. The lowest BCUT2D eigenvalue weighted by Gasteiger charge is -2.19. The number of carbonyl (C=O) groups excluding carboxylic acids is 1. The summed E-state index contributed by atoms with van der Waals surface area (Å²) in [5, 5.41) is 14.9. The number of nitrogens with zero attached hydrogens (tertiary/aromatic N) is 3. The molecule has 0 fully saturated rings. The van der Waals surface area contributed by atoms with Gasteiger partial charge in [0, 0.05) is 29.5 Å². The lowest BCUT2D eigenvalue weighted by molar-refractivity contribution is -0.139. The Balaban J connectivity index is 1.59. The Hall–Kier alpha value is -3.54. The number of carboxylic acid groups (broad SMARTS) is 1. The second-order valence-corrected chi connectivity index (χ2v) is 10.4. The predicted molar refractivity (Wildman–Crippen MR) is 146 cm³/mol. The van der Waals surface area contributed by atoms with Gasteiger partial charge in [0.1, 0.15) is 23.0 Å². The van der Waals surface area contributed by atoms with Crippen molar-refractivity contribution in [1.29, 1.82) is 0 Å². The number of hydrogen-bond donors (Lipinski definition) is 2. The van der Waals surface area contributed by atoms with Crippen molar-refractivity contribution in [2.24, 2.45) is 0 Å². The molecule has 0 aliphatic rings. The van der Waals surface area contributed by atoms with E-state index in [2.05, 4.69) is 15.3 Å². The number of ether oxygens (including phenoxy) is 1. The molecule has 0 saturated carbocycles. The van der Waals surface area contributed by atoms with Gasteiger partial charge < -0.3 is 19.7 Å². The van der Waals surface area contributed by atoms with E-state index in [9.17, 15) is 19.1 Å². The van der Waals surface area contributed by atoms with Crippen LogP contribution in [0, 0.1) is 5.82 Å². The first-order chi connectivity index (χ1) is 18.4. The Morgan fingerprint density at radius 3 is 2.68 bits per heavy atom. The fourth-order valence-corrected chi connectivity index (χ4v) is 5.00. The van der Waals surface area contributed by atoms with Crippen LogP contribution in [0.5, 0.6) is 0 Å². The normalized spacial score (nSPS) is 12.7. The maximum absolute atomic E-state index is 13.6. The summed E-state index contributed by atoms with van der Waals surface area (Å²) >= 11 is 3.01. The van der Waals surface area contributed by atoms with Crippen molar-refractivity contribution < 1.29 is 23.8 Å². The zero-order valence-electron chi connectivity index (χ0n) is 20.6. The van der Waals surface area contributed by atoms with Crippen LogP contribution < -0.4 is 5.32 Å². The third-order valence-electron chi connectivity index (χ3n) is 5.81. The summed E-state index contributed by atoms with van der Waals surface area (Å²) in [7, 11) is 0. The quantitative estimate of drug-likeness (QED) is 0.239. The highest BCUT2D eigenvalue weighted by molar-refractivity contribution is 7.98. The van der Waals surface area contributed by atoms with Crippen molar-refractivity contribution in [3.63, 3.8) is 0 Å². The predicted octanol–water partition coefficient (Wildman–Crippen LogP) is 5.04. The van der Waals surface area contributed by atoms with Gasteiger partial charge in [0.15, 0.2) is 0 Å². The SMILES string of the molecule is CSCCC(NC(=O)c1ccc(COC(Cn2ccnc2)c2nccs2)cc1-c1ccc(F)cc1)C(=O)O. The van der Waals surface area contributed by atoms with Crippen LogP contribution in [0.3, 0.4) is 0 Å². The van der Waals surface area contributed by atoms with Crippen LogP contribution in [0.1, 0.15) is 33.5 Å². The number of carbonyl (C=O) groups is 2. The molecule has 2 N–H and O–H groups in total. The summed E-state index contributed by atoms with van der Waals surface area (Å²) in [6, 6.07) is 10.0. The van der Waals surface area contributed by atoms with Gasteiger partial charge in [-0.2, -0.15) is 11.8 Å². The van der Waals surface area contributed by atoms with Crippen LogP contribution >= 0.6 is 23.1 Å². The Morgan fingerprint density at radius 1 is 1.21 bits per heavy atom. The number of aromatic nitrogens is 3. The van der Waals surface area contributed by atoms with Gasteiger partial charge in [-0.3, -0.25) is 4.79 Å². The Bertz CT molecular complexity index is 1330. The molecule has 4 aromatic rings. The van der Waals surface area contributed by atoms with Crippen LogP contribution in [-0.2, 0) is 22.7 Å². The summed E-state index contributed by atoms with van der Waals surface area (Å²) < 4.78 is 21.8. The van der Waals surface area contributed by atoms with Crippen molar-refractivity contribution in [2.75, 3.05) is 12.0 Å². The molecular weight excluding hydrogens is 527 g/mol. The minimum Gasteiger partial charge on any atom is -0.480 e. The van der Waals surface area contributed by atoms with Crippen LogP contribution in [0.15, 0.2) is 72.8 Å². The number of thiazole rings is 1. The largest absolute Gasteiger partial charge is 0.480 e. The molecule has 0 aliphatic heterocycles. The summed E-state index contributed by atoms with van der Waals surface area (Å²) in [5.41, 5.74) is 2.28. The van der Waals surface area contributed by atoms with E-state index in [-0.39, 0.29) is 12.7 Å². The lowest BCUT2D eigenvalue weighted by atomic mass is 9.96. The number of hydrogen-bond acceptors (Lipinski definition) is 7. The minimum absolute atomic E-state index is 0.237. The molecule has 8 nitrogen and oxygen atoms in total. The maximum Gasteiger partial charge on any atom is 0.326 e. The summed E-state index contributed by atoms with van der Waals surface area (Å²) in [5.74, 6) is -1.40. The van der Waals surface area contributed by atoms with E-state index >= 15 is 0 Å². The van der Waals surface area contributed by atoms with Gasteiger partial charge >= 0.3 is 5.97 Å². The monoisotopic (exact) mass is 554 g/mol. The Kier molecular flexibility index (Phi) is 9.63. The van der Waals surface area contributed by atoms with Crippen LogP contribution in [-0.4, -0.2) is 49.6 Å². The third-order valence-corrected chi connectivity index (χ3v) is 7.32. The molecule has 11 heteroatoms. The van der Waals surface area contributed by atoms with E-state index in [0.717, 1.165) is 10.6 Å². The third kappa shape index (κ3) is 7.27. The molecule has 2 aromatic heterocycles. The molecule has 198 valence electrons. The summed E-state index contributed by atoms with van der Waals surface area (Å²) in [6.45, 7) is 0.770. The average molecular weight is 555 g/mol. The number of thioether (sulfide) groups is 1. The fourth-order valence-electron chi connectivity index (χ4n) is 3.86. The van der Waals surface area contributed by atoms with Gasteiger partial charge in [-0.1, -0.05) is 18.2 Å². The van der Waals surface area contributed by atoms with Gasteiger partial charge in [-0.15, -0.1) is 11.3 Å². The number of aliphatic carboxylic acids is 1. The smallest absolute Gasteiger partial charge is 0.326 e. The number of imidazole rings is 1. The molecule has 0 aliphatic carbocycles. The molecule has 4 rings (SSSR count). The van der Waals surface area contributed by atoms with E-state index in [1.807, 2.05) is 28.5 Å². The Morgan fingerprint density at radius 2 is 2.03 bits per heavy atom. The van der Waals surface area contributed by atoms with E-state index in [0.29, 0.717) is 35.4 Å². The molecule has 1 amide bonds. The molecule has 0 spiro atoms. The standard InChI is InChI=1S/C27H27FN4O4S2/c1-37-12-8-23(27(34)35)31-25(33)21-7-2-18(14-22(21)19-3-5-20(28)6-4-19)16-36-24(26-30-10-13-38-26)15-32-11-9-29-17-32/h2-7,9-11,13-14,17,23-24H,8,12,15-16H2,1H3,(H,31,33)(H,34,35). The van der Waals surface area contributed by atoms with Crippen LogP contribution in [0.4, 0.5) is 4.39 Å². The van der Waals surface area contributed by atoms with E-state index in [1.165, 1.54) is 35.2 Å². The first kappa shape index (κ1) is 27.5. The molecule has 0 saturated heterocycles. The minimum atomic E-state index is -1.09.